The molecule has 0 atom stereocenters. The van der Waals surface area contributed by atoms with Crippen LogP contribution in [0.5, 0.6) is 0 Å². The zero-order valence-electron chi connectivity index (χ0n) is 29.0. The molecular weight excluding hydrogens is 685 g/mol. The molecule has 0 aliphatic heterocycles. The summed E-state index contributed by atoms with van der Waals surface area (Å²) in [6, 6.07) is 44.5. The minimum atomic E-state index is -0.556. The van der Waals surface area contributed by atoms with Gasteiger partial charge in [0.25, 0.3) is 0 Å². The Morgan fingerprint density at radius 3 is 1.09 bits per heavy atom. The van der Waals surface area contributed by atoms with Crippen molar-refractivity contribution in [1.29, 1.82) is 0 Å². The Balaban J connectivity index is 0.000000197. The van der Waals surface area contributed by atoms with Crippen LogP contribution in [-0.2, 0) is 17.0 Å². The van der Waals surface area contributed by atoms with Crippen LogP contribution in [0.2, 0.25) is 0 Å². The molecule has 0 bridgehead atoms. The van der Waals surface area contributed by atoms with Crippen LogP contribution in [0.3, 0.4) is 0 Å². The minimum absolute atomic E-state index is 0.102. The molecule has 0 N–H and O–H groups in total. The van der Waals surface area contributed by atoms with Crippen molar-refractivity contribution in [2.75, 3.05) is 0 Å². The number of halogens is 2. The summed E-state index contributed by atoms with van der Waals surface area (Å²) < 4.78 is 0. The molecule has 0 unspecified atom stereocenters. The molecule has 0 aliphatic carbocycles. The summed E-state index contributed by atoms with van der Waals surface area (Å²) in [5.41, 5.74) is 8.24. The zero-order chi connectivity index (χ0) is 34.1. The van der Waals surface area contributed by atoms with Crippen LogP contribution < -0.4 is 10.6 Å². The number of hydrogen-bond acceptors (Lipinski definition) is 0. The van der Waals surface area contributed by atoms with Crippen LogP contribution in [0.4, 0.5) is 0 Å². The van der Waals surface area contributed by atoms with Gasteiger partial charge in [-0.3, -0.25) is 0 Å². The molecule has 0 spiro atoms. The van der Waals surface area contributed by atoms with Gasteiger partial charge in [-0.05, 0) is 33.8 Å². The topological polar surface area (TPSA) is 0 Å². The van der Waals surface area contributed by atoms with Gasteiger partial charge in [-0.15, -0.1) is 68.6 Å². The van der Waals surface area contributed by atoms with E-state index in [-0.39, 0.29) is 15.8 Å². The standard InChI is InChI=1S/2C21H24P.2ClH.Ti/c2*1-15(2)22(16(3)4)19-13-18-11-8-12-20(21(18)14-19)17-9-6-5-7-10-17;;;/h2*5-16H,1-4H3;2*1H;/q2*-1;;;+2/p-2. The Bertz CT molecular complexity index is 1650. The average Bonchev–Trinajstić information content (AvgIpc) is 3.66. The molecule has 0 radical (unpaired) electrons. The van der Waals surface area contributed by atoms with E-state index in [0.29, 0.717) is 0 Å². The van der Waals surface area contributed by atoms with Crippen LogP contribution in [0.25, 0.3) is 43.8 Å². The molecule has 6 aromatic rings. The first kappa shape index (κ1) is 38.1. The van der Waals surface area contributed by atoms with E-state index in [4.69, 9.17) is 18.6 Å². The molecule has 47 heavy (non-hydrogen) atoms. The molecule has 6 rings (SSSR count). The summed E-state index contributed by atoms with van der Waals surface area (Å²) in [5.74, 6) is 0. The third kappa shape index (κ3) is 9.70. The van der Waals surface area contributed by atoms with E-state index in [1.165, 1.54) is 43.8 Å². The number of hydrogen-bond donors (Lipinski definition) is 0. The Morgan fingerprint density at radius 1 is 0.468 bits per heavy atom. The zero-order valence-corrected chi connectivity index (χ0v) is 33.9. The van der Waals surface area contributed by atoms with Gasteiger partial charge in [0.1, 0.15) is 0 Å². The van der Waals surface area contributed by atoms with E-state index in [0.717, 1.165) is 22.6 Å². The monoisotopic (exact) mass is 732 g/mol. The van der Waals surface area contributed by atoms with Gasteiger partial charge in [0.2, 0.25) is 0 Å². The molecule has 5 heteroatoms. The van der Waals surface area contributed by atoms with E-state index in [1.807, 2.05) is 0 Å². The maximum absolute atomic E-state index is 4.89. The molecule has 6 aromatic carbocycles. The SMILES string of the molecule is CC(C)P(c1cc2c(-c3ccccc3)cccc2[cH-]1)C(C)C.CC(C)P(c1cc2c(-c3ccccc3)cccc2[cH-]1)C(C)C.[Cl][Ti][Cl]. The van der Waals surface area contributed by atoms with Gasteiger partial charge in [0.15, 0.2) is 0 Å². The van der Waals surface area contributed by atoms with Crippen LogP contribution >= 0.6 is 34.5 Å². The van der Waals surface area contributed by atoms with Gasteiger partial charge in [-0.2, -0.15) is 12.1 Å². The fraction of sp³-hybridized carbons (Fsp3) is 0.286. The van der Waals surface area contributed by atoms with Crippen molar-refractivity contribution in [2.24, 2.45) is 0 Å². The summed E-state index contributed by atoms with van der Waals surface area (Å²) in [6.45, 7) is 18.9. The predicted octanol–water partition coefficient (Wildman–Crippen LogP) is 13.7. The predicted molar refractivity (Wildman–Crippen MR) is 215 cm³/mol. The molecule has 0 amide bonds. The van der Waals surface area contributed by atoms with Crippen molar-refractivity contribution in [2.45, 2.75) is 78.0 Å². The molecule has 0 saturated carbocycles. The maximum atomic E-state index is 4.89. The number of fused-ring (bicyclic) bond motifs is 2. The van der Waals surface area contributed by atoms with E-state index in [9.17, 15) is 0 Å². The Hall–Kier alpha value is -1.75. The number of rotatable bonds is 8. The summed E-state index contributed by atoms with van der Waals surface area (Å²) in [4.78, 5) is 0. The summed E-state index contributed by atoms with van der Waals surface area (Å²) in [6.07, 6.45) is 0. The van der Waals surface area contributed by atoms with Crippen molar-refractivity contribution < 1.29 is 17.0 Å². The Morgan fingerprint density at radius 2 is 0.787 bits per heavy atom. The van der Waals surface area contributed by atoms with Crippen LogP contribution in [0.1, 0.15) is 55.4 Å². The van der Waals surface area contributed by atoms with E-state index >= 15 is 0 Å². The molecular formula is C42H48Cl2P2Ti-2. The first-order valence-corrected chi connectivity index (χ1v) is 23.9. The molecule has 0 saturated heterocycles. The van der Waals surface area contributed by atoms with Gasteiger partial charge in [-0.1, -0.05) is 155 Å². The van der Waals surface area contributed by atoms with E-state index < -0.39 is 17.0 Å². The Labute approximate surface area is 303 Å². The third-order valence-electron chi connectivity index (χ3n) is 8.46. The quantitative estimate of drug-likeness (QED) is 0.0830. The van der Waals surface area contributed by atoms with Gasteiger partial charge >= 0.3 is 35.6 Å². The average molecular weight is 734 g/mol. The van der Waals surface area contributed by atoms with E-state index in [1.54, 1.807) is 10.6 Å². The second-order valence-electron chi connectivity index (χ2n) is 13.0. The van der Waals surface area contributed by atoms with Crippen LogP contribution in [0.15, 0.2) is 121 Å². The third-order valence-corrected chi connectivity index (χ3v) is 14.6. The first-order valence-electron chi connectivity index (χ1n) is 16.6. The number of benzene rings is 4. The van der Waals surface area contributed by atoms with Crippen molar-refractivity contribution in [3.8, 4) is 22.3 Å². The molecule has 0 fully saturated rings. The van der Waals surface area contributed by atoms with Gasteiger partial charge in [0, 0.05) is 0 Å². The van der Waals surface area contributed by atoms with Crippen LogP contribution in [0, 0.1) is 0 Å². The second-order valence-corrected chi connectivity index (χ2v) is 22.4. The molecule has 0 aromatic heterocycles. The summed E-state index contributed by atoms with van der Waals surface area (Å²) in [5, 5.41) is 8.67. The molecule has 0 nitrogen and oxygen atoms in total. The Kier molecular flexibility index (Phi) is 14.8. The van der Waals surface area contributed by atoms with Gasteiger partial charge in [0.05, 0.1) is 0 Å². The van der Waals surface area contributed by atoms with Crippen molar-refractivity contribution in [3.05, 3.63) is 121 Å². The first-order chi connectivity index (χ1) is 22.6. The fourth-order valence-electron chi connectivity index (χ4n) is 6.86. The van der Waals surface area contributed by atoms with Gasteiger partial charge < -0.3 is 0 Å². The fourth-order valence-corrected chi connectivity index (χ4v) is 12.8. The van der Waals surface area contributed by atoms with Gasteiger partial charge in [-0.25, -0.2) is 0 Å². The normalized spacial score (nSPS) is 11.5. The molecule has 0 heterocycles. The van der Waals surface area contributed by atoms with Crippen molar-refractivity contribution >= 4 is 66.6 Å². The van der Waals surface area contributed by atoms with Crippen LogP contribution in [-0.4, -0.2) is 22.6 Å². The van der Waals surface area contributed by atoms with E-state index in [2.05, 4.69) is 177 Å². The summed E-state index contributed by atoms with van der Waals surface area (Å²) in [7, 11) is 9.57. The molecule has 246 valence electrons. The summed E-state index contributed by atoms with van der Waals surface area (Å²) >= 11 is -0.556. The second kappa shape index (κ2) is 18.3. The van der Waals surface area contributed by atoms with Crippen molar-refractivity contribution in [1.82, 2.24) is 0 Å². The molecule has 0 aliphatic rings. The van der Waals surface area contributed by atoms with Crippen molar-refractivity contribution in [3.63, 3.8) is 0 Å².